The lowest BCUT2D eigenvalue weighted by Gasteiger charge is -2.12. The molecule has 2 unspecified atom stereocenters. The van der Waals surface area contributed by atoms with Crippen molar-refractivity contribution in [3.63, 3.8) is 0 Å². The summed E-state index contributed by atoms with van der Waals surface area (Å²) in [5.41, 5.74) is 0. The number of hydrogen-bond donors (Lipinski definition) is 1. The first-order chi connectivity index (χ1) is 5.79. The molecule has 0 aliphatic carbocycles. The molecule has 8 heteroatoms. The van der Waals surface area contributed by atoms with E-state index in [0.29, 0.717) is 0 Å². The summed E-state index contributed by atoms with van der Waals surface area (Å²) in [5.74, 6) is -2.86. The van der Waals surface area contributed by atoms with Crippen LogP contribution in [0, 0.1) is 0 Å². The summed E-state index contributed by atoms with van der Waals surface area (Å²) < 4.78 is 56.8. The first kappa shape index (κ1) is 12.3. The minimum absolute atomic E-state index is 0.575. The van der Waals surface area contributed by atoms with Crippen molar-refractivity contribution in [2.45, 2.75) is 25.1 Å². The molecule has 13 heavy (non-hydrogen) atoms. The Balaban J connectivity index is 4.20. The zero-order valence-corrected chi connectivity index (χ0v) is 7.32. The zero-order chi connectivity index (χ0) is 10.6. The van der Waals surface area contributed by atoms with Crippen LogP contribution in [0.25, 0.3) is 0 Å². The molecule has 2 atom stereocenters. The van der Waals surface area contributed by atoms with Gasteiger partial charge in [0.15, 0.2) is 8.46 Å². The number of halogens is 4. The normalized spacial score (nSPS) is 16.7. The summed E-state index contributed by atoms with van der Waals surface area (Å²) in [4.78, 5) is 10.4. The Morgan fingerprint density at radius 3 is 2.23 bits per heavy atom. The average molecular weight is 219 g/mol. The molecule has 3 nitrogen and oxygen atoms in total. The summed E-state index contributed by atoms with van der Waals surface area (Å²) in [6, 6.07) is 0. The van der Waals surface area contributed by atoms with Gasteiger partial charge in [-0.15, -0.1) is 0 Å². The van der Waals surface area contributed by atoms with Gasteiger partial charge in [-0.05, 0) is 6.92 Å². The largest absolute Gasteiger partial charge is 0.428 e. The fraction of sp³-hybridized carbons (Fsp3) is 0.800. The third-order valence-electron chi connectivity index (χ3n) is 1.03. The van der Waals surface area contributed by atoms with E-state index in [-0.39, 0.29) is 0 Å². The Morgan fingerprint density at radius 1 is 1.46 bits per heavy atom. The molecule has 0 fully saturated rings. The predicted molar refractivity (Wildman–Crippen MR) is 36.2 cm³/mol. The first-order valence-electron chi connectivity index (χ1n) is 3.12. The minimum Gasteiger partial charge on any atom is -0.340 e. The van der Waals surface area contributed by atoms with Crippen molar-refractivity contribution in [1.82, 2.24) is 5.32 Å². The third-order valence-corrected chi connectivity index (χ3v) is 1.47. The van der Waals surface area contributed by atoms with Gasteiger partial charge in [-0.1, -0.05) is 0 Å². The summed E-state index contributed by atoms with van der Waals surface area (Å²) in [7, 11) is -0.575. The number of alkyl halides is 4. The lowest BCUT2D eigenvalue weighted by molar-refractivity contribution is -0.186. The summed E-state index contributed by atoms with van der Waals surface area (Å²) in [5, 5.41) is 1.58. The van der Waals surface area contributed by atoms with Gasteiger partial charge in [-0.2, -0.15) is 13.2 Å². The summed E-state index contributed by atoms with van der Waals surface area (Å²) >= 11 is 0. The molecule has 0 saturated heterocycles. The molecule has 0 spiro atoms. The van der Waals surface area contributed by atoms with E-state index in [1.54, 1.807) is 5.32 Å². The maximum absolute atomic E-state index is 12.2. The van der Waals surface area contributed by atoms with Crippen LogP contribution in [0.3, 0.4) is 0 Å². The van der Waals surface area contributed by atoms with E-state index in [4.69, 9.17) is 0 Å². The third kappa shape index (κ3) is 4.17. The van der Waals surface area contributed by atoms with Gasteiger partial charge in [0.25, 0.3) is 12.1 Å². The van der Waals surface area contributed by atoms with Gasteiger partial charge in [-0.3, -0.25) is 9.36 Å². The van der Waals surface area contributed by atoms with Crippen LogP contribution in [-0.2, 0) is 9.36 Å². The van der Waals surface area contributed by atoms with Crippen molar-refractivity contribution in [1.29, 1.82) is 0 Å². The van der Waals surface area contributed by atoms with Gasteiger partial charge in [0.2, 0.25) is 0 Å². The van der Waals surface area contributed by atoms with E-state index >= 15 is 0 Å². The molecule has 0 aromatic heterocycles. The molecule has 0 aromatic rings. The Labute approximate surface area is 72.7 Å². The maximum Gasteiger partial charge on any atom is 0.428 e. The Morgan fingerprint density at radius 2 is 1.92 bits per heavy atom. The Hall–Kier alpha value is -0.710. The number of carbonyl (C=O) groups is 1. The van der Waals surface area contributed by atoms with Gasteiger partial charge in [0.05, 0.1) is 0 Å². The van der Waals surface area contributed by atoms with Crippen molar-refractivity contribution in [2.24, 2.45) is 0 Å². The number of carbonyl (C=O) groups excluding carboxylic acids is 1. The molecule has 1 amide bonds. The lowest BCUT2D eigenvalue weighted by Crippen LogP contribution is -2.43. The van der Waals surface area contributed by atoms with E-state index in [1.807, 2.05) is 0 Å². The molecule has 0 rings (SSSR count). The van der Waals surface area contributed by atoms with E-state index in [0.717, 1.165) is 0 Å². The molecule has 0 saturated carbocycles. The number of nitrogens with one attached hydrogen (secondary N) is 1. The highest BCUT2D eigenvalue weighted by atomic mass is 31.1. The second-order valence-corrected chi connectivity index (χ2v) is 3.18. The second-order valence-electron chi connectivity index (χ2n) is 2.19. The van der Waals surface area contributed by atoms with Gasteiger partial charge < -0.3 is 5.32 Å². The van der Waals surface area contributed by atoms with Crippen molar-refractivity contribution in [3.05, 3.63) is 0 Å². The van der Waals surface area contributed by atoms with Crippen LogP contribution in [0.2, 0.25) is 0 Å². The second kappa shape index (κ2) is 4.50. The van der Waals surface area contributed by atoms with Crippen LogP contribution in [0.1, 0.15) is 6.92 Å². The first-order valence-corrected chi connectivity index (χ1v) is 4.00. The van der Waals surface area contributed by atoms with E-state index < -0.39 is 32.5 Å². The molecular formula is C5H6F4NO2P. The monoisotopic (exact) mass is 219 g/mol. The van der Waals surface area contributed by atoms with Crippen molar-refractivity contribution >= 4 is 14.4 Å². The molecule has 76 valence electrons. The van der Waals surface area contributed by atoms with E-state index in [1.165, 1.54) is 6.92 Å². The quantitative estimate of drug-likeness (QED) is 0.579. The molecular weight excluding hydrogens is 213 g/mol. The average Bonchev–Trinajstić information content (AvgIpc) is 2.01. The standard InChI is InChI=1S/C5H6F4NO2P/c1-2(13-12)10-4(11)3(6)5(7,8)9/h2-3H,1H3,(H,10,11). The highest BCUT2D eigenvalue weighted by Gasteiger charge is 2.45. The van der Waals surface area contributed by atoms with Gasteiger partial charge >= 0.3 is 6.18 Å². The number of rotatable bonds is 3. The van der Waals surface area contributed by atoms with Crippen molar-refractivity contribution in [2.75, 3.05) is 0 Å². The van der Waals surface area contributed by atoms with E-state index in [2.05, 4.69) is 0 Å². The SMILES string of the molecule is CC(NC(=O)C(F)C(F)(F)F)P=O. The Bertz CT molecular complexity index is 207. The van der Waals surface area contributed by atoms with Crippen LogP contribution < -0.4 is 5.32 Å². The molecule has 0 heterocycles. The van der Waals surface area contributed by atoms with Crippen LogP contribution in [-0.4, -0.2) is 24.0 Å². The molecule has 0 aromatic carbocycles. The topological polar surface area (TPSA) is 46.2 Å². The van der Waals surface area contributed by atoms with Crippen LogP contribution in [0.4, 0.5) is 17.6 Å². The van der Waals surface area contributed by atoms with Crippen LogP contribution in [0.5, 0.6) is 0 Å². The van der Waals surface area contributed by atoms with Gasteiger partial charge in [0.1, 0.15) is 5.78 Å². The highest BCUT2D eigenvalue weighted by molar-refractivity contribution is 7.24. The molecule has 0 aliphatic heterocycles. The molecule has 0 aliphatic rings. The van der Waals surface area contributed by atoms with Gasteiger partial charge in [0, 0.05) is 0 Å². The van der Waals surface area contributed by atoms with Crippen molar-refractivity contribution in [3.8, 4) is 0 Å². The molecule has 0 bridgehead atoms. The maximum atomic E-state index is 12.2. The van der Waals surface area contributed by atoms with Crippen LogP contribution in [0.15, 0.2) is 0 Å². The molecule has 1 N–H and O–H groups in total. The van der Waals surface area contributed by atoms with E-state index in [9.17, 15) is 26.9 Å². The lowest BCUT2D eigenvalue weighted by atomic mass is 10.3. The van der Waals surface area contributed by atoms with Crippen molar-refractivity contribution < 1.29 is 26.9 Å². The zero-order valence-electron chi connectivity index (χ0n) is 6.43. The predicted octanol–water partition coefficient (Wildman–Crippen LogP) is 1.64. The number of hydrogen-bond acceptors (Lipinski definition) is 2. The van der Waals surface area contributed by atoms with Crippen LogP contribution >= 0.6 is 8.46 Å². The summed E-state index contributed by atoms with van der Waals surface area (Å²) in [6.45, 7) is 1.18. The summed E-state index contributed by atoms with van der Waals surface area (Å²) in [6.07, 6.45) is -8.79. The van der Waals surface area contributed by atoms with Gasteiger partial charge in [-0.25, -0.2) is 4.39 Å². The highest BCUT2D eigenvalue weighted by Crippen LogP contribution is 2.23. The number of amides is 1. The fourth-order valence-corrected chi connectivity index (χ4v) is 0.634. The minimum atomic E-state index is -5.22. The smallest absolute Gasteiger partial charge is 0.340 e. The molecule has 0 radical (unpaired) electrons. The fourth-order valence-electron chi connectivity index (χ4n) is 0.454. The Kier molecular flexibility index (Phi) is 4.26.